The van der Waals surface area contributed by atoms with Gasteiger partial charge in [0.05, 0.1) is 19.1 Å². The summed E-state index contributed by atoms with van der Waals surface area (Å²) >= 11 is 0. The van der Waals surface area contributed by atoms with E-state index in [9.17, 15) is 9.59 Å². The van der Waals surface area contributed by atoms with E-state index in [0.717, 1.165) is 48.6 Å². The second-order valence-electron chi connectivity index (χ2n) is 8.48. The molecule has 2 aromatic rings. The lowest BCUT2D eigenvalue weighted by Crippen LogP contribution is -2.36. The Bertz CT molecular complexity index is 954. The molecule has 2 aliphatic rings. The third-order valence-corrected chi connectivity index (χ3v) is 6.44. The molecule has 1 saturated carbocycles. The van der Waals surface area contributed by atoms with Crippen LogP contribution in [0.5, 0.6) is 5.75 Å². The van der Waals surface area contributed by atoms with Crippen LogP contribution in [0.15, 0.2) is 42.6 Å². The van der Waals surface area contributed by atoms with Gasteiger partial charge in [0.15, 0.2) is 0 Å². The van der Waals surface area contributed by atoms with Crippen LogP contribution in [-0.2, 0) is 16.1 Å². The molecule has 1 aromatic heterocycles. The topological polar surface area (TPSA) is 74.8 Å². The smallest absolute Gasteiger partial charge is 0.226 e. The summed E-state index contributed by atoms with van der Waals surface area (Å²) in [4.78, 5) is 34.7. The van der Waals surface area contributed by atoms with E-state index >= 15 is 0 Å². The minimum atomic E-state index is -0.418. The average molecular weight is 437 g/mol. The van der Waals surface area contributed by atoms with Crippen molar-refractivity contribution < 1.29 is 14.3 Å². The van der Waals surface area contributed by atoms with Gasteiger partial charge in [-0.3, -0.25) is 9.59 Å². The molecule has 1 aromatic carbocycles. The second-order valence-corrected chi connectivity index (χ2v) is 8.48. The maximum absolute atomic E-state index is 13.2. The van der Waals surface area contributed by atoms with Gasteiger partial charge in [0.25, 0.3) is 0 Å². The number of benzene rings is 1. The molecule has 2 fully saturated rings. The Morgan fingerprint density at radius 3 is 2.62 bits per heavy atom. The van der Waals surface area contributed by atoms with Crippen LogP contribution in [0.4, 0.5) is 5.82 Å². The van der Waals surface area contributed by atoms with Gasteiger partial charge in [0, 0.05) is 38.3 Å². The summed E-state index contributed by atoms with van der Waals surface area (Å²) in [5.41, 5.74) is 1.89. The maximum Gasteiger partial charge on any atom is 0.226 e. The molecule has 4 rings (SSSR count). The normalized spacial score (nSPS) is 20.3. The van der Waals surface area contributed by atoms with E-state index in [1.807, 2.05) is 47.5 Å². The minimum Gasteiger partial charge on any atom is -0.497 e. The Hall–Kier alpha value is -3.09. The third-order valence-electron chi connectivity index (χ3n) is 6.44. The van der Waals surface area contributed by atoms with Crippen molar-refractivity contribution in [1.82, 2.24) is 15.2 Å². The van der Waals surface area contributed by atoms with Gasteiger partial charge in [-0.05, 0) is 56.0 Å². The lowest BCUT2D eigenvalue weighted by molar-refractivity contribution is -0.129. The van der Waals surface area contributed by atoms with Gasteiger partial charge < -0.3 is 19.9 Å². The fourth-order valence-electron chi connectivity index (χ4n) is 4.57. The van der Waals surface area contributed by atoms with Crippen molar-refractivity contribution in [3.05, 3.63) is 53.7 Å². The minimum absolute atomic E-state index is 0.0608. The number of amides is 2. The maximum atomic E-state index is 13.2. The Labute approximate surface area is 189 Å². The van der Waals surface area contributed by atoms with E-state index < -0.39 is 5.92 Å². The summed E-state index contributed by atoms with van der Waals surface area (Å²) in [6, 6.07) is 11.7. The molecule has 2 amide bonds. The molecule has 0 radical (unpaired) electrons. The molecule has 7 heteroatoms. The first-order valence-electron chi connectivity index (χ1n) is 11.5. The quantitative estimate of drug-likeness (QED) is 0.653. The number of nitrogens with zero attached hydrogens (tertiary/aromatic N) is 3. The van der Waals surface area contributed by atoms with Gasteiger partial charge in [-0.25, -0.2) is 4.98 Å². The van der Waals surface area contributed by atoms with Gasteiger partial charge in [0.2, 0.25) is 11.8 Å². The number of likely N-dealkylation sites (tertiary alicyclic amines) is 1. The van der Waals surface area contributed by atoms with E-state index in [1.165, 1.54) is 0 Å². The highest BCUT2D eigenvalue weighted by atomic mass is 16.5. The third kappa shape index (κ3) is 4.56. The van der Waals surface area contributed by atoms with E-state index in [0.29, 0.717) is 6.54 Å². The molecular formula is C25H32N4O3. The first-order valence-corrected chi connectivity index (χ1v) is 11.5. The Morgan fingerprint density at radius 1 is 1.22 bits per heavy atom. The zero-order valence-electron chi connectivity index (χ0n) is 19.1. The van der Waals surface area contributed by atoms with Crippen LogP contribution in [0.3, 0.4) is 0 Å². The molecule has 1 saturated heterocycles. The fourth-order valence-corrected chi connectivity index (χ4v) is 4.57. The van der Waals surface area contributed by atoms with Crippen LogP contribution < -0.4 is 15.0 Å². The Morgan fingerprint density at radius 2 is 2.00 bits per heavy atom. The molecule has 170 valence electrons. The number of aromatic nitrogens is 1. The number of carbonyl (C=O) groups excluding carboxylic acids is 2. The summed E-state index contributed by atoms with van der Waals surface area (Å²) in [6.45, 7) is 6.40. The van der Waals surface area contributed by atoms with Crippen molar-refractivity contribution in [1.29, 1.82) is 0 Å². The van der Waals surface area contributed by atoms with Crippen LogP contribution in [-0.4, -0.2) is 47.9 Å². The van der Waals surface area contributed by atoms with E-state index in [2.05, 4.69) is 29.0 Å². The number of nitrogens with one attached hydrogen (secondary N) is 1. The largest absolute Gasteiger partial charge is 0.497 e. The average Bonchev–Trinajstić information content (AvgIpc) is 3.60. The molecule has 32 heavy (non-hydrogen) atoms. The molecule has 2 heterocycles. The molecule has 1 aliphatic heterocycles. The van der Waals surface area contributed by atoms with Crippen molar-refractivity contribution in [3.63, 3.8) is 0 Å². The van der Waals surface area contributed by atoms with Gasteiger partial charge in [-0.2, -0.15) is 0 Å². The predicted octanol–water partition coefficient (Wildman–Crippen LogP) is 3.30. The Kier molecular flexibility index (Phi) is 6.63. The van der Waals surface area contributed by atoms with Crippen molar-refractivity contribution in [2.24, 2.45) is 5.92 Å². The lowest BCUT2D eigenvalue weighted by Gasteiger charge is -2.28. The zero-order valence-corrected chi connectivity index (χ0v) is 19.1. The van der Waals surface area contributed by atoms with Gasteiger partial charge in [-0.15, -0.1) is 0 Å². The van der Waals surface area contributed by atoms with E-state index in [1.54, 1.807) is 7.11 Å². The fraction of sp³-hybridized carbons (Fsp3) is 0.480. The molecular weight excluding hydrogens is 404 g/mol. The number of anilines is 1. The zero-order chi connectivity index (χ0) is 22.7. The van der Waals surface area contributed by atoms with Gasteiger partial charge in [-0.1, -0.05) is 18.2 Å². The Balaban J connectivity index is 1.48. The highest BCUT2D eigenvalue weighted by Crippen LogP contribution is 2.45. The van der Waals surface area contributed by atoms with E-state index in [-0.39, 0.29) is 30.3 Å². The van der Waals surface area contributed by atoms with Crippen molar-refractivity contribution in [3.8, 4) is 5.75 Å². The van der Waals surface area contributed by atoms with Crippen LogP contribution in [0.2, 0.25) is 0 Å². The standard InChI is InChI=1S/C25H32N4O3/c1-4-28(5-2)22-12-9-17(15-26-22)16-27-25(31)21-14-23(30)29(19-10-11-19)24(21)18-7-6-8-20(13-18)32-3/h6-9,12-13,15,19,21,24H,4-5,10-11,14,16H2,1-3H3,(H,27,31). The molecule has 0 spiro atoms. The summed E-state index contributed by atoms with van der Waals surface area (Å²) < 4.78 is 5.38. The summed E-state index contributed by atoms with van der Waals surface area (Å²) in [7, 11) is 1.63. The van der Waals surface area contributed by atoms with Crippen LogP contribution in [0, 0.1) is 5.92 Å². The summed E-state index contributed by atoms with van der Waals surface area (Å²) in [5.74, 6) is 1.21. The summed E-state index contributed by atoms with van der Waals surface area (Å²) in [6.07, 6.45) is 4.06. The predicted molar refractivity (Wildman–Crippen MR) is 123 cm³/mol. The van der Waals surface area contributed by atoms with Crippen LogP contribution in [0.1, 0.15) is 50.3 Å². The first-order chi connectivity index (χ1) is 15.5. The molecule has 1 aliphatic carbocycles. The molecule has 1 N–H and O–H groups in total. The van der Waals surface area contributed by atoms with Gasteiger partial charge >= 0.3 is 0 Å². The first kappa shape index (κ1) is 22.1. The molecule has 0 bridgehead atoms. The number of hydrogen-bond donors (Lipinski definition) is 1. The number of carbonyl (C=O) groups is 2. The highest BCUT2D eigenvalue weighted by molar-refractivity contribution is 5.90. The number of rotatable bonds is 9. The lowest BCUT2D eigenvalue weighted by atomic mass is 9.92. The van der Waals surface area contributed by atoms with Crippen molar-refractivity contribution >= 4 is 17.6 Å². The van der Waals surface area contributed by atoms with Crippen LogP contribution >= 0.6 is 0 Å². The van der Waals surface area contributed by atoms with Gasteiger partial charge in [0.1, 0.15) is 11.6 Å². The molecule has 2 atom stereocenters. The number of pyridine rings is 1. The highest BCUT2D eigenvalue weighted by Gasteiger charge is 2.49. The summed E-state index contributed by atoms with van der Waals surface area (Å²) in [5, 5.41) is 3.04. The number of ether oxygens (including phenoxy) is 1. The molecule has 7 nitrogen and oxygen atoms in total. The number of methoxy groups -OCH3 is 1. The SMILES string of the molecule is CCN(CC)c1ccc(CNC(=O)C2CC(=O)N(C3CC3)C2c2cccc(OC)c2)cn1. The number of hydrogen-bond acceptors (Lipinski definition) is 5. The second kappa shape index (κ2) is 9.59. The molecule has 2 unspecified atom stereocenters. The van der Waals surface area contributed by atoms with Crippen molar-refractivity contribution in [2.75, 3.05) is 25.1 Å². The van der Waals surface area contributed by atoms with Crippen molar-refractivity contribution in [2.45, 2.75) is 51.7 Å². The van der Waals surface area contributed by atoms with Crippen LogP contribution in [0.25, 0.3) is 0 Å². The van der Waals surface area contributed by atoms with E-state index in [4.69, 9.17) is 4.74 Å². The monoisotopic (exact) mass is 436 g/mol.